The first-order valence-electron chi connectivity index (χ1n) is 11.1. The molecule has 0 saturated heterocycles. The summed E-state index contributed by atoms with van der Waals surface area (Å²) in [6.45, 7) is 0.452. The van der Waals surface area contributed by atoms with Gasteiger partial charge in [0.25, 0.3) is 11.8 Å². The van der Waals surface area contributed by atoms with Crippen LogP contribution < -0.4 is 15.4 Å². The van der Waals surface area contributed by atoms with E-state index in [-0.39, 0.29) is 30.1 Å². The molecule has 4 aromatic rings. The molecular weight excluding hydrogens is 428 g/mol. The van der Waals surface area contributed by atoms with Crippen LogP contribution in [0.5, 0.6) is 5.75 Å². The van der Waals surface area contributed by atoms with E-state index in [1.165, 1.54) is 17.4 Å². The van der Waals surface area contributed by atoms with Crippen molar-refractivity contribution in [3.8, 4) is 5.75 Å². The van der Waals surface area contributed by atoms with Crippen LogP contribution in [-0.2, 0) is 4.79 Å². The SMILES string of the molecule is O=C(COc1ccc(NC(=O)c2ccco2)cc1)NCCC(c1ccccc1)c1ccccc1. The van der Waals surface area contributed by atoms with Crippen LogP contribution in [0.3, 0.4) is 0 Å². The van der Waals surface area contributed by atoms with Crippen molar-refractivity contribution in [3.05, 3.63) is 120 Å². The fourth-order valence-electron chi connectivity index (χ4n) is 3.69. The first-order chi connectivity index (χ1) is 16.7. The highest BCUT2D eigenvalue weighted by Gasteiger charge is 2.14. The van der Waals surface area contributed by atoms with Crippen molar-refractivity contribution in [3.63, 3.8) is 0 Å². The van der Waals surface area contributed by atoms with E-state index < -0.39 is 0 Å². The van der Waals surface area contributed by atoms with E-state index in [9.17, 15) is 9.59 Å². The van der Waals surface area contributed by atoms with Gasteiger partial charge in [-0.15, -0.1) is 0 Å². The highest BCUT2D eigenvalue weighted by molar-refractivity contribution is 6.02. The van der Waals surface area contributed by atoms with Gasteiger partial charge in [0.2, 0.25) is 0 Å². The van der Waals surface area contributed by atoms with Crippen LogP contribution in [0.2, 0.25) is 0 Å². The molecule has 0 saturated carbocycles. The van der Waals surface area contributed by atoms with Crippen molar-refractivity contribution in [2.75, 3.05) is 18.5 Å². The zero-order valence-corrected chi connectivity index (χ0v) is 18.6. The van der Waals surface area contributed by atoms with Crippen molar-refractivity contribution in [1.29, 1.82) is 0 Å². The highest BCUT2D eigenvalue weighted by Crippen LogP contribution is 2.27. The van der Waals surface area contributed by atoms with Gasteiger partial charge in [-0.3, -0.25) is 9.59 Å². The summed E-state index contributed by atoms with van der Waals surface area (Å²) in [6.07, 6.45) is 2.23. The summed E-state index contributed by atoms with van der Waals surface area (Å²) in [4.78, 5) is 24.3. The van der Waals surface area contributed by atoms with E-state index in [1.54, 1.807) is 36.4 Å². The van der Waals surface area contributed by atoms with E-state index in [1.807, 2.05) is 36.4 Å². The van der Waals surface area contributed by atoms with E-state index in [0.29, 0.717) is 18.0 Å². The Labute approximate surface area is 198 Å². The molecule has 3 aromatic carbocycles. The summed E-state index contributed by atoms with van der Waals surface area (Å²) in [7, 11) is 0. The smallest absolute Gasteiger partial charge is 0.291 e. The van der Waals surface area contributed by atoms with Gasteiger partial charge in [0.05, 0.1) is 6.26 Å². The molecule has 0 fully saturated rings. The molecule has 1 aromatic heterocycles. The highest BCUT2D eigenvalue weighted by atomic mass is 16.5. The zero-order valence-electron chi connectivity index (χ0n) is 18.6. The molecule has 34 heavy (non-hydrogen) atoms. The van der Waals surface area contributed by atoms with Crippen LogP contribution in [0.15, 0.2) is 108 Å². The Morgan fingerprint density at radius 2 is 1.44 bits per heavy atom. The minimum Gasteiger partial charge on any atom is -0.484 e. The lowest BCUT2D eigenvalue weighted by Gasteiger charge is -2.18. The molecule has 0 aliphatic carbocycles. The van der Waals surface area contributed by atoms with Crippen molar-refractivity contribution in [2.24, 2.45) is 0 Å². The van der Waals surface area contributed by atoms with Gasteiger partial charge in [0, 0.05) is 18.2 Å². The Balaban J connectivity index is 1.24. The molecule has 0 radical (unpaired) electrons. The molecule has 6 heteroatoms. The summed E-state index contributed by atoms with van der Waals surface area (Å²) in [5, 5.41) is 5.68. The van der Waals surface area contributed by atoms with Gasteiger partial charge in [-0.1, -0.05) is 60.7 Å². The van der Waals surface area contributed by atoms with Gasteiger partial charge in [0.1, 0.15) is 5.75 Å². The summed E-state index contributed by atoms with van der Waals surface area (Å²) in [5.74, 6) is 0.460. The van der Waals surface area contributed by atoms with E-state index >= 15 is 0 Å². The maximum Gasteiger partial charge on any atom is 0.291 e. The quantitative estimate of drug-likeness (QED) is 0.343. The first kappa shape index (κ1) is 22.9. The van der Waals surface area contributed by atoms with Gasteiger partial charge < -0.3 is 19.8 Å². The van der Waals surface area contributed by atoms with Crippen molar-refractivity contribution < 1.29 is 18.7 Å². The Bertz CT molecular complexity index is 1130. The molecule has 0 aliphatic rings. The Hall–Kier alpha value is -4.32. The minimum atomic E-state index is -0.331. The van der Waals surface area contributed by atoms with E-state index in [4.69, 9.17) is 9.15 Å². The summed E-state index contributed by atoms with van der Waals surface area (Å²) >= 11 is 0. The molecule has 0 bridgehead atoms. The van der Waals surface area contributed by atoms with E-state index in [0.717, 1.165) is 6.42 Å². The lowest BCUT2D eigenvalue weighted by molar-refractivity contribution is -0.123. The van der Waals surface area contributed by atoms with Crippen LogP contribution in [0.25, 0.3) is 0 Å². The Morgan fingerprint density at radius 1 is 0.794 bits per heavy atom. The molecule has 0 spiro atoms. The largest absolute Gasteiger partial charge is 0.484 e. The monoisotopic (exact) mass is 454 g/mol. The van der Waals surface area contributed by atoms with Crippen molar-refractivity contribution in [1.82, 2.24) is 5.32 Å². The number of nitrogens with one attached hydrogen (secondary N) is 2. The average Bonchev–Trinajstić information content (AvgIpc) is 3.43. The maximum atomic E-state index is 12.3. The van der Waals surface area contributed by atoms with Crippen LogP contribution in [0.1, 0.15) is 34.0 Å². The van der Waals surface area contributed by atoms with Crippen molar-refractivity contribution >= 4 is 17.5 Å². The van der Waals surface area contributed by atoms with Crippen LogP contribution in [-0.4, -0.2) is 25.0 Å². The zero-order chi connectivity index (χ0) is 23.6. The number of furan rings is 1. The predicted octanol–water partition coefficient (Wildman–Crippen LogP) is 5.25. The van der Waals surface area contributed by atoms with Gasteiger partial charge >= 0.3 is 0 Å². The molecule has 2 amide bonds. The molecule has 1 heterocycles. The number of rotatable bonds is 10. The maximum absolute atomic E-state index is 12.3. The number of hydrogen-bond acceptors (Lipinski definition) is 4. The second-order valence-corrected chi connectivity index (χ2v) is 7.76. The molecule has 2 N–H and O–H groups in total. The Kier molecular flexibility index (Phi) is 7.74. The van der Waals surface area contributed by atoms with Gasteiger partial charge in [-0.25, -0.2) is 0 Å². The van der Waals surface area contributed by atoms with Gasteiger partial charge in [-0.05, 0) is 53.9 Å². The second kappa shape index (κ2) is 11.5. The molecular formula is C28H26N2O4. The molecule has 0 unspecified atom stereocenters. The number of ether oxygens (including phenoxy) is 1. The first-order valence-corrected chi connectivity index (χ1v) is 11.1. The molecule has 0 aliphatic heterocycles. The fourth-order valence-corrected chi connectivity index (χ4v) is 3.69. The number of carbonyl (C=O) groups excluding carboxylic acids is 2. The van der Waals surface area contributed by atoms with Crippen LogP contribution >= 0.6 is 0 Å². The third-order valence-electron chi connectivity index (χ3n) is 5.39. The number of anilines is 1. The van der Waals surface area contributed by atoms with Crippen LogP contribution in [0.4, 0.5) is 5.69 Å². The molecule has 6 nitrogen and oxygen atoms in total. The number of amides is 2. The van der Waals surface area contributed by atoms with Gasteiger partial charge in [-0.2, -0.15) is 0 Å². The standard InChI is InChI=1S/C28H26N2O4/c31-27(20-34-24-15-13-23(14-16-24)30-28(32)26-12-7-19-33-26)29-18-17-25(21-8-3-1-4-9-21)22-10-5-2-6-11-22/h1-16,19,25H,17-18,20H2,(H,29,31)(H,30,32). The summed E-state index contributed by atoms with van der Waals surface area (Å²) in [6, 6.07) is 30.7. The normalized spacial score (nSPS) is 10.6. The lowest BCUT2D eigenvalue weighted by Crippen LogP contribution is -2.30. The third-order valence-corrected chi connectivity index (χ3v) is 5.39. The number of benzene rings is 3. The fraction of sp³-hybridized carbons (Fsp3) is 0.143. The summed E-state index contributed by atoms with van der Waals surface area (Å²) < 4.78 is 10.7. The van der Waals surface area contributed by atoms with Gasteiger partial charge in [0.15, 0.2) is 12.4 Å². The number of carbonyl (C=O) groups is 2. The Morgan fingerprint density at radius 3 is 2.03 bits per heavy atom. The van der Waals surface area contributed by atoms with Crippen LogP contribution in [0, 0.1) is 0 Å². The average molecular weight is 455 g/mol. The topological polar surface area (TPSA) is 80.6 Å². The molecule has 0 atom stereocenters. The van der Waals surface area contributed by atoms with E-state index in [2.05, 4.69) is 34.9 Å². The van der Waals surface area contributed by atoms with Crippen molar-refractivity contribution in [2.45, 2.75) is 12.3 Å². The third kappa shape index (κ3) is 6.36. The molecule has 4 rings (SSSR count). The lowest BCUT2D eigenvalue weighted by atomic mass is 9.88. The minimum absolute atomic E-state index is 0.0839. The predicted molar refractivity (Wildman–Crippen MR) is 131 cm³/mol. The summed E-state index contributed by atoms with van der Waals surface area (Å²) in [5.41, 5.74) is 3.04. The molecule has 172 valence electrons. The number of hydrogen-bond donors (Lipinski definition) is 2. The second-order valence-electron chi connectivity index (χ2n) is 7.76.